The normalized spacial score (nSPS) is 10.0. The number of rotatable bonds is 4. The van der Waals surface area contributed by atoms with Gasteiger partial charge in [0.2, 0.25) is 0 Å². The summed E-state index contributed by atoms with van der Waals surface area (Å²) >= 11 is 5.05. The molecule has 0 radical (unpaired) electrons. The van der Waals surface area contributed by atoms with E-state index in [2.05, 4.69) is 10.6 Å². The summed E-state index contributed by atoms with van der Waals surface area (Å²) in [5.41, 5.74) is 0.803. The van der Waals surface area contributed by atoms with E-state index in [9.17, 15) is 19.3 Å². The summed E-state index contributed by atoms with van der Waals surface area (Å²) in [6.45, 7) is 1.46. The van der Waals surface area contributed by atoms with Gasteiger partial charge in [-0.15, -0.1) is 0 Å². The van der Waals surface area contributed by atoms with E-state index in [1.165, 1.54) is 6.92 Å². The Morgan fingerprint density at radius 1 is 1.17 bits per heavy atom. The van der Waals surface area contributed by atoms with Gasteiger partial charge in [0, 0.05) is 23.4 Å². The fourth-order valence-corrected chi connectivity index (χ4v) is 2.02. The van der Waals surface area contributed by atoms with E-state index in [-0.39, 0.29) is 22.3 Å². The van der Waals surface area contributed by atoms with Crippen molar-refractivity contribution in [3.8, 4) is 0 Å². The van der Waals surface area contributed by atoms with Crippen molar-refractivity contribution in [1.82, 2.24) is 0 Å². The molecule has 0 amide bonds. The standard InChI is InChI=1S/C15H12FN3O3S/c1-9(20)10-2-4-11(5-3-10)17-15(23)18-14-8-12(19(21)22)6-7-13(14)16/h2-8H,1H3,(H2,17,18,23). The van der Waals surface area contributed by atoms with Crippen LogP contribution in [0.5, 0.6) is 0 Å². The lowest BCUT2D eigenvalue weighted by Gasteiger charge is -2.11. The number of nitrogens with one attached hydrogen (secondary N) is 2. The number of carbonyl (C=O) groups excluding carboxylic acids is 1. The fourth-order valence-electron chi connectivity index (χ4n) is 1.80. The summed E-state index contributed by atoms with van der Waals surface area (Å²) in [4.78, 5) is 21.3. The monoisotopic (exact) mass is 333 g/mol. The first kappa shape index (κ1) is 16.5. The number of Topliss-reactive ketones (excluding diaryl/α,β-unsaturated/α-hetero) is 1. The number of ketones is 1. The van der Waals surface area contributed by atoms with Crippen LogP contribution in [0.2, 0.25) is 0 Å². The van der Waals surface area contributed by atoms with Crippen LogP contribution in [-0.4, -0.2) is 15.8 Å². The number of benzene rings is 2. The minimum atomic E-state index is -0.660. The highest BCUT2D eigenvalue weighted by molar-refractivity contribution is 7.80. The Balaban J connectivity index is 2.09. The van der Waals surface area contributed by atoms with Crippen molar-refractivity contribution in [2.75, 3.05) is 10.6 Å². The first-order valence-corrected chi connectivity index (χ1v) is 6.90. The summed E-state index contributed by atoms with van der Waals surface area (Å²) < 4.78 is 13.7. The number of thiocarbonyl (C=S) groups is 1. The molecular weight excluding hydrogens is 321 g/mol. The number of carbonyl (C=O) groups is 1. The molecule has 23 heavy (non-hydrogen) atoms. The van der Waals surface area contributed by atoms with Gasteiger partial charge in [0.25, 0.3) is 5.69 Å². The molecule has 0 saturated heterocycles. The molecule has 118 valence electrons. The molecular formula is C15H12FN3O3S. The molecule has 6 nitrogen and oxygen atoms in total. The Hall–Kier alpha value is -2.87. The van der Waals surface area contributed by atoms with Gasteiger partial charge in [0.05, 0.1) is 10.6 Å². The maximum atomic E-state index is 13.7. The summed E-state index contributed by atoms with van der Waals surface area (Å²) in [6.07, 6.45) is 0. The topological polar surface area (TPSA) is 84.3 Å². The molecule has 0 saturated carbocycles. The number of nitrogens with zero attached hydrogens (tertiary/aromatic N) is 1. The average Bonchev–Trinajstić information content (AvgIpc) is 2.49. The van der Waals surface area contributed by atoms with Gasteiger partial charge >= 0.3 is 0 Å². The lowest BCUT2D eigenvalue weighted by Crippen LogP contribution is -2.19. The van der Waals surface area contributed by atoms with Gasteiger partial charge in [-0.2, -0.15) is 0 Å². The summed E-state index contributed by atoms with van der Waals surface area (Å²) in [7, 11) is 0. The maximum absolute atomic E-state index is 13.7. The number of hydrogen-bond donors (Lipinski definition) is 2. The Kier molecular flexibility index (Phi) is 4.97. The number of hydrogen-bond acceptors (Lipinski definition) is 4. The quantitative estimate of drug-likeness (QED) is 0.384. The van der Waals surface area contributed by atoms with Crippen LogP contribution in [0.1, 0.15) is 17.3 Å². The molecule has 8 heteroatoms. The van der Waals surface area contributed by atoms with E-state index in [4.69, 9.17) is 12.2 Å². The third-order valence-corrected chi connectivity index (χ3v) is 3.16. The molecule has 0 heterocycles. The lowest BCUT2D eigenvalue weighted by atomic mass is 10.1. The zero-order valence-corrected chi connectivity index (χ0v) is 12.8. The molecule has 0 aliphatic carbocycles. The van der Waals surface area contributed by atoms with Crippen molar-refractivity contribution in [2.45, 2.75) is 6.92 Å². The Morgan fingerprint density at radius 2 is 1.83 bits per heavy atom. The van der Waals surface area contributed by atoms with Crippen molar-refractivity contribution < 1.29 is 14.1 Å². The van der Waals surface area contributed by atoms with Gasteiger partial charge in [-0.05, 0) is 49.5 Å². The van der Waals surface area contributed by atoms with Crippen molar-refractivity contribution >= 4 is 40.2 Å². The van der Waals surface area contributed by atoms with Crippen LogP contribution in [0.4, 0.5) is 21.5 Å². The second-order valence-corrected chi connectivity index (χ2v) is 5.04. The van der Waals surface area contributed by atoms with E-state index in [1.54, 1.807) is 24.3 Å². The molecule has 0 aliphatic rings. The number of nitro groups is 1. The summed E-state index contributed by atoms with van der Waals surface area (Å²) in [6, 6.07) is 9.66. The van der Waals surface area contributed by atoms with Crippen molar-refractivity contribution in [3.05, 3.63) is 64.0 Å². The van der Waals surface area contributed by atoms with E-state index >= 15 is 0 Å². The second-order valence-electron chi connectivity index (χ2n) is 4.63. The van der Waals surface area contributed by atoms with Crippen LogP contribution < -0.4 is 10.6 Å². The van der Waals surface area contributed by atoms with Gasteiger partial charge in [0.1, 0.15) is 5.82 Å². The van der Waals surface area contributed by atoms with Gasteiger partial charge in [-0.25, -0.2) is 4.39 Å². The molecule has 0 atom stereocenters. The highest BCUT2D eigenvalue weighted by Gasteiger charge is 2.12. The van der Waals surface area contributed by atoms with Gasteiger partial charge in [-0.3, -0.25) is 14.9 Å². The number of nitro benzene ring substituents is 1. The van der Waals surface area contributed by atoms with Crippen molar-refractivity contribution in [3.63, 3.8) is 0 Å². The molecule has 2 N–H and O–H groups in total. The van der Waals surface area contributed by atoms with Crippen molar-refractivity contribution in [2.24, 2.45) is 0 Å². The Morgan fingerprint density at radius 3 is 2.39 bits per heavy atom. The minimum absolute atomic E-state index is 0.0593. The summed E-state index contributed by atoms with van der Waals surface area (Å²) in [5, 5.41) is 16.1. The molecule has 0 fully saturated rings. The van der Waals surface area contributed by atoms with E-state index in [1.807, 2.05) is 0 Å². The number of halogens is 1. The highest BCUT2D eigenvalue weighted by Crippen LogP contribution is 2.21. The third kappa shape index (κ3) is 4.30. The van der Waals surface area contributed by atoms with Gasteiger partial charge < -0.3 is 10.6 Å². The largest absolute Gasteiger partial charge is 0.332 e. The Bertz CT molecular complexity index is 778. The molecule has 0 bridgehead atoms. The SMILES string of the molecule is CC(=O)c1ccc(NC(=S)Nc2cc([N+](=O)[O-])ccc2F)cc1. The summed E-state index contributed by atoms with van der Waals surface area (Å²) in [5.74, 6) is -0.720. The number of anilines is 2. The predicted octanol–water partition coefficient (Wildman–Crippen LogP) is 3.75. The van der Waals surface area contributed by atoms with E-state index in [0.717, 1.165) is 18.2 Å². The van der Waals surface area contributed by atoms with Crippen LogP contribution in [0.15, 0.2) is 42.5 Å². The zero-order valence-electron chi connectivity index (χ0n) is 12.0. The van der Waals surface area contributed by atoms with Crippen LogP contribution in [-0.2, 0) is 0 Å². The van der Waals surface area contributed by atoms with Crippen LogP contribution in [0.3, 0.4) is 0 Å². The second kappa shape index (κ2) is 6.93. The molecule has 2 aromatic rings. The molecule has 0 aromatic heterocycles. The molecule has 0 spiro atoms. The van der Waals surface area contributed by atoms with E-state index in [0.29, 0.717) is 11.3 Å². The smallest absolute Gasteiger partial charge is 0.271 e. The zero-order chi connectivity index (χ0) is 17.0. The first-order valence-electron chi connectivity index (χ1n) is 6.50. The third-order valence-electron chi connectivity index (χ3n) is 2.96. The van der Waals surface area contributed by atoms with Crippen LogP contribution in [0.25, 0.3) is 0 Å². The van der Waals surface area contributed by atoms with Crippen LogP contribution >= 0.6 is 12.2 Å². The molecule has 2 rings (SSSR count). The molecule has 0 aliphatic heterocycles. The average molecular weight is 333 g/mol. The first-order chi connectivity index (χ1) is 10.9. The minimum Gasteiger partial charge on any atom is -0.332 e. The van der Waals surface area contributed by atoms with E-state index < -0.39 is 10.7 Å². The predicted molar refractivity (Wildman–Crippen MR) is 89.3 cm³/mol. The maximum Gasteiger partial charge on any atom is 0.271 e. The highest BCUT2D eigenvalue weighted by atomic mass is 32.1. The Labute approximate surface area is 136 Å². The molecule has 2 aromatic carbocycles. The molecule has 0 unspecified atom stereocenters. The van der Waals surface area contributed by atoms with Gasteiger partial charge in [0.15, 0.2) is 10.9 Å². The van der Waals surface area contributed by atoms with Crippen molar-refractivity contribution in [1.29, 1.82) is 0 Å². The fraction of sp³-hybridized carbons (Fsp3) is 0.0667. The van der Waals surface area contributed by atoms with Gasteiger partial charge in [-0.1, -0.05) is 0 Å². The van der Waals surface area contributed by atoms with Crippen LogP contribution in [0, 0.1) is 15.9 Å². The lowest BCUT2D eigenvalue weighted by molar-refractivity contribution is -0.384. The number of non-ortho nitro benzene ring substituents is 1.